The molecule has 0 spiro atoms. The highest BCUT2D eigenvalue weighted by Crippen LogP contribution is 2.28. The number of hydrogen-bond donors (Lipinski definition) is 2. The molecule has 0 aromatic heterocycles. The largest absolute Gasteiger partial charge is 0.492 e. The minimum absolute atomic E-state index is 0.0487. The number of amides is 1. The van der Waals surface area contributed by atoms with Crippen molar-refractivity contribution in [2.75, 3.05) is 32.2 Å². The lowest BCUT2D eigenvalue weighted by atomic mass is 10.0. The second-order valence-electron chi connectivity index (χ2n) is 5.02. The minimum atomic E-state index is -0.190. The van der Waals surface area contributed by atoms with Crippen molar-refractivity contribution in [3.05, 3.63) is 23.2 Å². The third kappa shape index (κ3) is 4.09. The van der Waals surface area contributed by atoms with Gasteiger partial charge in [0.05, 0.1) is 30.8 Å². The van der Waals surface area contributed by atoms with Crippen LogP contribution >= 0.6 is 11.6 Å². The van der Waals surface area contributed by atoms with Gasteiger partial charge in [0, 0.05) is 11.7 Å². The SMILES string of the molecule is CCCOc1ccc(NC(=O)C2COCC2NC)cc1Cl. The van der Waals surface area contributed by atoms with Crippen LogP contribution in [0.4, 0.5) is 5.69 Å². The van der Waals surface area contributed by atoms with Gasteiger partial charge in [0.25, 0.3) is 0 Å². The maximum Gasteiger partial charge on any atom is 0.231 e. The lowest BCUT2D eigenvalue weighted by Gasteiger charge is -2.17. The lowest BCUT2D eigenvalue weighted by molar-refractivity contribution is -0.120. The Morgan fingerprint density at radius 2 is 2.29 bits per heavy atom. The molecule has 1 heterocycles. The van der Waals surface area contributed by atoms with Crippen LogP contribution in [0.3, 0.4) is 0 Å². The zero-order chi connectivity index (χ0) is 15.2. The highest BCUT2D eigenvalue weighted by atomic mass is 35.5. The van der Waals surface area contributed by atoms with Crippen LogP contribution in [0.25, 0.3) is 0 Å². The molecule has 0 bridgehead atoms. The van der Waals surface area contributed by atoms with Crippen molar-refractivity contribution in [1.29, 1.82) is 0 Å². The van der Waals surface area contributed by atoms with Crippen LogP contribution in [0.5, 0.6) is 5.75 Å². The average molecular weight is 313 g/mol. The fourth-order valence-corrected chi connectivity index (χ4v) is 2.47. The average Bonchev–Trinajstić information content (AvgIpc) is 2.95. The van der Waals surface area contributed by atoms with Crippen LogP contribution in [-0.4, -0.2) is 38.8 Å². The molecule has 1 aromatic rings. The molecule has 2 rings (SSSR count). The maximum absolute atomic E-state index is 12.2. The summed E-state index contributed by atoms with van der Waals surface area (Å²) in [6.07, 6.45) is 0.919. The number of carbonyl (C=O) groups is 1. The third-order valence-electron chi connectivity index (χ3n) is 3.45. The van der Waals surface area contributed by atoms with Gasteiger partial charge in [-0.05, 0) is 31.7 Å². The molecule has 1 saturated heterocycles. The van der Waals surface area contributed by atoms with Crippen LogP contribution < -0.4 is 15.4 Å². The third-order valence-corrected chi connectivity index (χ3v) is 3.74. The van der Waals surface area contributed by atoms with E-state index in [2.05, 4.69) is 10.6 Å². The first-order valence-corrected chi connectivity index (χ1v) is 7.51. The van der Waals surface area contributed by atoms with Crippen molar-refractivity contribution in [1.82, 2.24) is 5.32 Å². The summed E-state index contributed by atoms with van der Waals surface area (Å²) in [6.45, 7) is 3.64. The molecule has 1 aliphatic rings. The lowest BCUT2D eigenvalue weighted by Crippen LogP contribution is -2.39. The van der Waals surface area contributed by atoms with E-state index < -0.39 is 0 Å². The number of rotatable bonds is 6. The Morgan fingerprint density at radius 3 is 2.95 bits per heavy atom. The van der Waals surface area contributed by atoms with E-state index in [0.717, 1.165) is 6.42 Å². The Kier molecular flexibility index (Phi) is 5.85. The summed E-state index contributed by atoms with van der Waals surface area (Å²) in [7, 11) is 1.83. The topological polar surface area (TPSA) is 59.6 Å². The molecule has 5 nitrogen and oxygen atoms in total. The number of ether oxygens (including phenoxy) is 2. The summed E-state index contributed by atoms with van der Waals surface area (Å²) in [5, 5.41) is 6.46. The van der Waals surface area contributed by atoms with Gasteiger partial charge >= 0.3 is 0 Å². The van der Waals surface area contributed by atoms with E-state index >= 15 is 0 Å². The van der Waals surface area contributed by atoms with Crippen molar-refractivity contribution in [3.63, 3.8) is 0 Å². The monoisotopic (exact) mass is 312 g/mol. The maximum atomic E-state index is 12.2. The van der Waals surface area contributed by atoms with Gasteiger partial charge in [-0.3, -0.25) is 4.79 Å². The van der Waals surface area contributed by atoms with Crippen molar-refractivity contribution in [2.45, 2.75) is 19.4 Å². The Balaban J connectivity index is 1.99. The van der Waals surface area contributed by atoms with Gasteiger partial charge in [0.2, 0.25) is 5.91 Å². The van der Waals surface area contributed by atoms with Gasteiger partial charge in [0.1, 0.15) is 5.75 Å². The molecule has 1 aromatic carbocycles. The number of carbonyl (C=O) groups excluding carboxylic acids is 1. The van der Waals surface area contributed by atoms with Crippen LogP contribution in [0.2, 0.25) is 5.02 Å². The normalized spacial score (nSPS) is 21.3. The first-order chi connectivity index (χ1) is 10.2. The van der Waals surface area contributed by atoms with Gasteiger partial charge in [-0.25, -0.2) is 0 Å². The molecule has 2 atom stereocenters. The van der Waals surface area contributed by atoms with Crippen molar-refractivity contribution in [2.24, 2.45) is 5.92 Å². The van der Waals surface area contributed by atoms with Crippen molar-refractivity contribution >= 4 is 23.2 Å². The first-order valence-electron chi connectivity index (χ1n) is 7.14. The number of nitrogens with one attached hydrogen (secondary N) is 2. The molecule has 1 amide bonds. The molecule has 0 aliphatic carbocycles. The van der Waals surface area contributed by atoms with Gasteiger partial charge in [-0.2, -0.15) is 0 Å². The molecule has 21 heavy (non-hydrogen) atoms. The van der Waals surface area contributed by atoms with Crippen LogP contribution in [0.15, 0.2) is 18.2 Å². The van der Waals surface area contributed by atoms with E-state index in [-0.39, 0.29) is 17.9 Å². The molecule has 0 radical (unpaired) electrons. The zero-order valence-electron chi connectivity index (χ0n) is 12.3. The van der Waals surface area contributed by atoms with E-state index in [4.69, 9.17) is 21.1 Å². The summed E-state index contributed by atoms with van der Waals surface area (Å²) in [5.74, 6) is 0.378. The van der Waals surface area contributed by atoms with Crippen LogP contribution in [-0.2, 0) is 9.53 Å². The molecule has 116 valence electrons. The number of benzene rings is 1. The van der Waals surface area contributed by atoms with Crippen molar-refractivity contribution in [3.8, 4) is 5.75 Å². The van der Waals surface area contributed by atoms with E-state index in [1.54, 1.807) is 18.2 Å². The van der Waals surface area contributed by atoms with Crippen LogP contribution in [0, 0.1) is 5.92 Å². The summed E-state index contributed by atoms with van der Waals surface area (Å²) in [4.78, 5) is 12.2. The van der Waals surface area contributed by atoms with E-state index in [9.17, 15) is 4.79 Å². The molecular weight excluding hydrogens is 292 g/mol. The molecule has 2 unspecified atom stereocenters. The Labute approximate surface area is 130 Å². The fourth-order valence-electron chi connectivity index (χ4n) is 2.24. The Morgan fingerprint density at radius 1 is 1.48 bits per heavy atom. The zero-order valence-corrected chi connectivity index (χ0v) is 13.1. The molecule has 2 N–H and O–H groups in total. The molecule has 1 fully saturated rings. The Hall–Kier alpha value is -1.30. The smallest absolute Gasteiger partial charge is 0.231 e. The fraction of sp³-hybridized carbons (Fsp3) is 0.533. The number of hydrogen-bond acceptors (Lipinski definition) is 4. The molecular formula is C15H21ClN2O3. The van der Waals surface area contributed by atoms with E-state index in [1.807, 2.05) is 14.0 Å². The standard InChI is InChI=1S/C15H21ClN2O3/c1-3-6-21-14-5-4-10(7-12(14)16)18-15(19)11-8-20-9-13(11)17-2/h4-5,7,11,13,17H,3,6,8-9H2,1-2H3,(H,18,19). The predicted octanol–water partition coefficient (Wildman–Crippen LogP) is 2.30. The molecule has 6 heteroatoms. The number of halogens is 1. The summed E-state index contributed by atoms with van der Waals surface area (Å²) < 4.78 is 10.8. The highest BCUT2D eigenvalue weighted by molar-refractivity contribution is 6.32. The number of likely N-dealkylation sites (N-methyl/N-ethyl adjacent to an activating group) is 1. The van der Waals surface area contributed by atoms with E-state index in [1.165, 1.54) is 0 Å². The molecule has 0 saturated carbocycles. The Bertz CT molecular complexity index is 496. The second-order valence-corrected chi connectivity index (χ2v) is 5.43. The van der Waals surface area contributed by atoms with Gasteiger partial charge < -0.3 is 20.1 Å². The molecule has 1 aliphatic heterocycles. The quantitative estimate of drug-likeness (QED) is 0.846. The van der Waals surface area contributed by atoms with E-state index in [0.29, 0.717) is 36.3 Å². The van der Waals surface area contributed by atoms with Crippen LogP contribution in [0.1, 0.15) is 13.3 Å². The summed E-state index contributed by atoms with van der Waals surface area (Å²) in [5.41, 5.74) is 0.663. The summed E-state index contributed by atoms with van der Waals surface area (Å²) >= 11 is 6.15. The highest BCUT2D eigenvalue weighted by Gasteiger charge is 2.32. The van der Waals surface area contributed by atoms with Crippen molar-refractivity contribution < 1.29 is 14.3 Å². The van der Waals surface area contributed by atoms with Gasteiger partial charge in [-0.15, -0.1) is 0 Å². The summed E-state index contributed by atoms with van der Waals surface area (Å²) in [6, 6.07) is 5.31. The predicted molar refractivity (Wildman–Crippen MR) is 83.0 cm³/mol. The number of anilines is 1. The van der Waals surface area contributed by atoms with Gasteiger partial charge in [0.15, 0.2) is 0 Å². The minimum Gasteiger partial charge on any atom is -0.492 e. The first kappa shape index (κ1) is 16.1. The second kappa shape index (κ2) is 7.64. The van der Waals surface area contributed by atoms with Gasteiger partial charge in [-0.1, -0.05) is 18.5 Å².